The Morgan fingerprint density at radius 3 is 2.57 bits per heavy atom. The molecule has 1 aromatic carbocycles. The van der Waals surface area contributed by atoms with Crippen LogP contribution in [0.5, 0.6) is 0 Å². The van der Waals surface area contributed by atoms with E-state index in [1.165, 1.54) is 0 Å². The minimum Gasteiger partial charge on any atom is -0.334 e. The van der Waals surface area contributed by atoms with E-state index in [4.69, 9.17) is 0 Å². The highest BCUT2D eigenvalue weighted by Crippen LogP contribution is 2.24. The lowest BCUT2D eigenvalue weighted by molar-refractivity contribution is -0.127. The van der Waals surface area contributed by atoms with Gasteiger partial charge in [0.05, 0.1) is 5.25 Å². The van der Waals surface area contributed by atoms with Crippen molar-refractivity contribution in [2.45, 2.75) is 26.0 Å². The standard InChI is InChI=1S/C16H21NO3S/c1-12(2)21(19,20)11-16(18)17-9-8-14(10-17)15-7-5-4-6-13(15)3/h4-8,12H,9-11H2,1-3H3. The van der Waals surface area contributed by atoms with Gasteiger partial charge in [0.15, 0.2) is 9.84 Å². The molecule has 114 valence electrons. The highest BCUT2D eigenvalue weighted by Gasteiger charge is 2.27. The molecule has 1 amide bonds. The first kappa shape index (κ1) is 15.8. The normalized spacial score (nSPS) is 15.4. The Morgan fingerprint density at radius 2 is 1.95 bits per heavy atom. The summed E-state index contributed by atoms with van der Waals surface area (Å²) in [6.07, 6.45) is 2.00. The predicted octanol–water partition coefficient (Wildman–Crippen LogP) is 2.04. The Labute approximate surface area is 126 Å². The molecule has 0 aliphatic carbocycles. The van der Waals surface area contributed by atoms with Crippen molar-refractivity contribution < 1.29 is 13.2 Å². The molecule has 5 heteroatoms. The summed E-state index contributed by atoms with van der Waals surface area (Å²) in [7, 11) is -3.34. The second-order valence-electron chi connectivity index (χ2n) is 5.67. The number of carbonyl (C=O) groups is 1. The van der Waals surface area contributed by atoms with Crippen molar-refractivity contribution >= 4 is 21.3 Å². The molecule has 1 aromatic rings. The van der Waals surface area contributed by atoms with Gasteiger partial charge < -0.3 is 4.90 Å². The SMILES string of the molecule is Cc1ccccc1C1=CCN(C(=O)CS(=O)(=O)C(C)C)C1. The summed E-state index contributed by atoms with van der Waals surface area (Å²) in [4.78, 5) is 13.7. The van der Waals surface area contributed by atoms with Crippen LogP contribution in [-0.4, -0.2) is 43.3 Å². The Morgan fingerprint density at radius 1 is 1.29 bits per heavy atom. The molecule has 4 nitrogen and oxygen atoms in total. The van der Waals surface area contributed by atoms with Gasteiger partial charge in [-0.1, -0.05) is 30.3 Å². The summed E-state index contributed by atoms with van der Waals surface area (Å²) in [6.45, 7) is 6.20. The van der Waals surface area contributed by atoms with Crippen LogP contribution in [0.4, 0.5) is 0 Å². The molecule has 1 aliphatic heterocycles. The largest absolute Gasteiger partial charge is 0.334 e. The van der Waals surface area contributed by atoms with E-state index in [1.807, 2.05) is 37.3 Å². The van der Waals surface area contributed by atoms with E-state index in [1.54, 1.807) is 18.7 Å². The molecule has 0 fully saturated rings. The van der Waals surface area contributed by atoms with Crippen LogP contribution < -0.4 is 0 Å². The number of amides is 1. The van der Waals surface area contributed by atoms with Crippen LogP contribution in [-0.2, 0) is 14.6 Å². The molecule has 0 atom stereocenters. The summed E-state index contributed by atoms with van der Waals surface area (Å²) in [5.41, 5.74) is 3.37. The molecule has 0 saturated carbocycles. The highest BCUT2D eigenvalue weighted by atomic mass is 32.2. The number of hydrogen-bond donors (Lipinski definition) is 0. The molecule has 1 heterocycles. The van der Waals surface area contributed by atoms with E-state index in [-0.39, 0.29) is 5.91 Å². The third kappa shape index (κ3) is 3.53. The number of nitrogens with zero attached hydrogens (tertiary/aromatic N) is 1. The lowest BCUT2D eigenvalue weighted by atomic mass is 10.0. The lowest BCUT2D eigenvalue weighted by Crippen LogP contribution is -2.36. The van der Waals surface area contributed by atoms with Gasteiger partial charge in [-0.05, 0) is 37.5 Å². The van der Waals surface area contributed by atoms with Gasteiger partial charge in [0.1, 0.15) is 5.75 Å². The minimum absolute atomic E-state index is 0.316. The van der Waals surface area contributed by atoms with Gasteiger partial charge in [-0.25, -0.2) is 8.42 Å². The molecular weight excluding hydrogens is 286 g/mol. The van der Waals surface area contributed by atoms with Gasteiger partial charge in [0.2, 0.25) is 5.91 Å². The van der Waals surface area contributed by atoms with Crippen molar-refractivity contribution in [3.8, 4) is 0 Å². The molecule has 0 spiro atoms. The van der Waals surface area contributed by atoms with Crippen LogP contribution in [0.3, 0.4) is 0 Å². The first-order valence-electron chi connectivity index (χ1n) is 7.05. The van der Waals surface area contributed by atoms with Crippen molar-refractivity contribution in [3.63, 3.8) is 0 Å². The monoisotopic (exact) mass is 307 g/mol. The second-order valence-corrected chi connectivity index (χ2v) is 8.23. The fourth-order valence-electron chi connectivity index (χ4n) is 2.30. The summed E-state index contributed by atoms with van der Waals surface area (Å²) < 4.78 is 23.7. The van der Waals surface area contributed by atoms with Gasteiger partial charge in [-0.15, -0.1) is 0 Å². The first-order valence-corrected chi connectivity index (χ1v) is 8.77. The average molecular weight is 307 g/mol. The molecule has 0 radical (unpaired) electrons. The molecule has 1 aliphatic rings. The van der Waals surface area contributed by atoms with Crippen molar-refractivity contribution in [1.29, 1.82) is 0 Å². The quantitative estimate of drug-likeness (QED) is 0.855. The van der Waals surface area contributed by atoms with Gasteiger partial charge in [-0.3, -0.25) is 4.79 Å². The number of hydrogen-bond acceptors (Lipinski definition) is 3. The van der Waals surface area contributed by atoms with Crippen LogP contribution in [0.1, 0.15) is 25.0 Å². The van der Waals surface area contributed by atoms with Crippen molar-refractivity contribution in [3.05, 3.63) is 41.5 Å². The Kier molecular flexibility index (Phi) is 4.52. The predicted molar refractivity (Wildman–Crippen MR) is 84.7 cm³/mol. The maximum atomic E-state index is 12.1. The van der Waals surface area contributed by atoms with Gasteiger partial charge in [0.25, 0.3) is 0 Å². The molecule has 2 rings (SSSR count). The van der Waals surface area contributed by atoms with E-state index >= 15 is 0 Å². The second kappa shape index (κ2) is 6.02. The molecular formula is C16H21NO3S. The number of benzene rings is 1. The van der Waals surface area contributed by atoms with Gasteiger partial charge in [0, 0.05) is 13.1 Å². The van der Waals surface area contributed by atoms with Crippen LogP contribution in [0.2, 0.25) is 0 Å². The maximum absolute atomic E-state index is 12.1. The Balaban J connectivity index is 2.05. The minimum atomic E-state index is -3.34. The molecule has 0 N–H and O–H groups in total. The first-order chi connectivity index (χ1) is 9.81. The average Bonchev–Trinajstić information content (AvgIpc) is 2.88. The summed E-state index contributed by atoms with van der Waals surface area (Å²) in [6, 6.07) is 8.01. The van der Waals surface area contributed by atoms with E-state index in [2.05, 4.69) is 0 Å². The van der Waals surface area contributed by atoms with Gasteiger partial charge >= 0.3 is 0 Å². The Hall–Kier alpha value is -1.62. The third-order valence-electron chi connectivity index (χ3n) is 3.81. The third-order valence-corrected chi connectivity index (χ3v) is 5.89. The molecule has 0 saturated heterocycles. The summed E-state index contributed by atoms with van der Waals surface area (Å²) in [5.74, 6) is -0.719. The highest BCUT2D eigenvalue weighted by molar-refractivity contribution is 7.92. The number of aryl methyl sites for hydroxylation is 1. The van der Waals surface area contributed by atoms with Crippen LogP contribution in [0.15, 0.2) is 30.3 Å². The molecule has 0 unspecified atom stereocenters. The van der Waals surface area contributed by atoms with Crippen LogP contribution in [0, 0.1) is 6.92 Å². The fourth-order valence-corrected chi connectivity index (χ4v) is 3.16. The zero-order valence-electron chi connectivity index (χ0n) is 12.7. The topological polar surface area (TPSA) is 54.5 Å². The Bertz CT molecular complexity index is 675. The molecule has 0 aromatic heterocycles. The molecule has 0 bridgehead atoms. The zero-order valence-corrected chi connectivity index (χ0v) is 13.5. The summed E-state index contributed by atoms with van der Waals surface area (Å²) in [5, 5.41) is -0.521. The summed E-state index contributed by atoms with van der Waals surface area (Å²) >= 11 is 0. The molecule has 21 heavy (non-hydrogen) atoms. The maximum Gasteiger partial charge on any atom is 0.238 e. The van der Waals surface area contributed by atoms with Crippen LogP contribution in [0.25, 0.3) is 5.57 Å². The van der Waals surface area contributed by atoms with Crippen molar-refractivity contribution in [1.82, 2.24) is 4.90 Å². The van der Waals surface area contributed by atoms with E-state index in [0.29, 0.717) is 13.1 Å². The zero-order chi connectivity index (χ0) is 15.6. The number of rotatable bonds is 4. The van der Waals surface area contributed by atoms with E-state index in [0.717, 1.165) is 16.7 Å². The van der Waals surface area contributed by atoms with Crippen LogP contribution >= 0.6 is 0 Å². The number of sulfone groups is 1. The van der Waals surface area contributed by atoms with E-state index in [9.17, 15) is 13.2 Å². The lowest BCUT2D eigenvalue weighted by Gasteiger charge is -2.18. The smallest absolute Gasteiger partial charge is 0.238 e. The van der Waals surface area contributed by atoms with Gasteiger partial charge in [-0.2, -0.15) is 0 Å². The van der Waals surface area contributed by atoms with E-state index < -0.39 is 20.8 Å². The van der Waals surface area contributed by atoms with Crippen molar-refractivity contribution in [2.24, 2.45) is 0 Å². The fraction of sp³-hybridized carbons (Fsp3) is 0.438. The number of carbonyl (C=O) groups excluding carboxylic acids is 1. The van der Waals surface area contributed by atoms with Crippen molar-refractivity contribution in [2.75, 3.05) is 18.8 Å².